The fourth-order valence-electron chi connectivity index (χ4n) is 5.00. The van der Waals surface area contributed by atoms with E-state index in [-0.39, 0.29) is 31.0 Å². The van der Waals surface area contributed by atoms with Crippen molar-refractivity contribution in [2.75, 3.05) is 13.2 Å². The van der Waals surface area contributed by atoms with E-state index in [1.807, 2.05) is 67.6 Å². The average Bonchev–Trinajstić information content (AvgIpc) is 3.00. The van der Waals surface area contributed by atoms with Crippen LogP contribution in [0.4, 0.5) is 0 Å². The van der Waals surface area contributed by atoms with Gasteiger partial charge in [-0.2, -0.15) is 0 Å². The van der Waals surface area contributed by atoms with Crippen LogP contribution >= 0.6 is 0 Å². The van der Waals surface area contributed by atoms with Crippen molar-refractivity contribution in [3.8, 4) is 0 Å². The van der Waals surface area contributed by atoms with E-state index in [0.717, 1.165) is 48.8 Å². The van der Waals surface area contributed by atoms with Gasteiger partial charge in [-0.15, -0.1) is 0 Å². The molecule has 2 fully saturated rings. The van der Waals surface area contributed by atoms with Crippen LogP contribution in [0.5, 0.6) is 0 Å². The lowest BCUT2D eigenvalue weighted by Gasteiger charge is -2.33. The number of carbonyl (C=O) groups is 2. The van der Waals surface area contributed by atoms with Crippen molar-refractivity contribution in [3.05, 3.63) is 76.9 Å². The number of hydrogen-bond acceptors (Lipinski definition) is 4. The highest BCUT2D eigenvalue weighted by Gasteiger charge is 2.58. The van der Waals surface area contributed by atoms with Gasteiger partial charge in [0.1, 0.15) is 0 Å². The van der Waals surface area contributed by atoms with Crippen molar-refractivity contribution in [1.29, 1.82) is 0 Å². The SMILES string of the molecule is Cc1ccccc1C1(NCCO)C(=O)N(C2CCCCC2)C(=O)/C1=C\c1ccccc1. The Hall–Kier alpha value is -2.76. The highest BCUT2D eigenvalue weighted by atomic mass is 16.3. The van der Waals surface area contributed by atoms with E-state index >= 15 is 0 Å². The largest absolute Gasteiger partial charge is 0.395 e. The van der Waals surface area contributed by atoms with Crippen LogP contribution in [-0.2, 0) is 15.1 Å². The van der Waals surface area contributed by atoms with Crippen molar-refractivity contribution in [1.82, 2.24) is 10.2 Å². The van der Waals surface area contributed by atoms with Crippen LogP contribution in [-0.4, -0.2) is 41.0 Å². The molecule has 1 saturated carbocycles. The van der Waals surface area contributed by atoms with E-state index < -0.39 is 5.54 Å². The van der Waals surface area contributed by atoms with Crippen LogP contribution in [0.1, 0.15) is 48.8 Å². The smallest absolute Gasteiger partial charge is 0.259 e. The van der Waals surface area contributed by atoms with Gasteiger partial charge in [-0.3, -0.25) is 19.8 Å². The topological polar surface area (TPSA) is 69.6 Å². The van der Waals surface area contributed by atoms with Gasteiger partial charge in [0.2, 0.25) is 0 Å². The number of carbonyl (C=O) groups excluding carboxylic acids is 2. The van der Waals surface area contributed by atoms with Gasteiger partial charge in [-0.25, -0.2) is 0 Å². The molecule has 1 aliphatic carbocycles. The zero-order valence-electron chi connectivity index (χ0n) is 18.0. The first-order valence-electron chi connectivity index (χ1n) is 11.2. The predicted molar refractivity (Wildman–Crippen MR) is 121 cm³/mol. The molecule has 0 bridgehead atoms. The summed E-state index contributed by atoms with van der Waals surface area (Å²) in [5.74, 6) is -0.455. The van der Waals surface area contributed by atoms with E-state index in [1.54, 1.807) is 0 Å². The molecule has 2 aromatic rings. The number of rotatable bonds is 6. The minimum atomic E-state index is -1.31. The third-order valence-electron chi connectivity index (χ3n) is 6.49. The number of aryl methyl sites for hydroxylation is 1. The van der Waals surface area contributed by atoms with Gasteiger partial charge in [-0.05, 0) is 42.5 Å². The summed E-state index contributed by atoms with van der Waals surface area (Å²) in [5.41, 5.74) is 1.68. The summed E-state index contributed by atoms with van der Waals surface area (Å²) < 4.78 is 0. The first kappa shape index (κ1) is 21.5. The summed E-state index contributed by atoms with van der Waals surface area (Å²) in [6, 6.07) is 17.3. The Morgan fingerprint density at radius 1 is 1.03 bits per heavy atom. The predicted octanol–water partition coefficient (Wildman–Crippen LogP) is 3.56. The summed E-state index contributed by atoms with van der Waals surface area (Å²) in [5, 5.41) is 12.9. The summed E-state index contributed by atoms with van der Waals surface area (Å²) in [6.07, 6.45) is 6.73. The molecule has 2 amide bonds. The summed E-state index contributed by atoms with van der Waals surface area (Å²) in [7, 11) is 0. The third-order valence-corrected chi connectivity index (χ3v) is 6.49. The maximum atomic E-state index is 14.1. The van der Waals surface area contributed by atoms with E-state index in [4.69, 9.17) is 0 Å². The molecule has 1 aliphatic heterocycles. The molecular weight excluding hydrogens is 388 g/mol. The molecule has 5 heteroatoms. The Balaban J connectivity index is 1.93. The van der Waals surface area contributed by atoms with Gasteiger partial charge in [-0.1, -0.05) is 73.9 Å². The van der Waals surface area contributed by atoms with E-state index in [9.17, 15) is 14.7 Å². The molecule has 5 nitrogen and oxygen atoms in total. The standard InChI is InChI=1S/C26H30N2O3/c1-19-10-8-9-15-22(19)26(27-16-17-29)23(18-20-11-4-2-5-12-20)24(30)28(25(26)31)21-13-6-3-7-14-21/h2,4-5,8-12,15,18,21,27,29H,3,6-7,13-14,16-17H2,1H3/b23-18+. The molecular formula is C26H30N2O3. The highest BCUT2D eigenvalue weighted by Crippen LogP contribution is 2.43. The molecule has 0 radical (unpaired) electrons. The highest BCUT2D eigenvalue weighted by molar-refractivity contribution is 6.22. The molecule has 2 N–H and O–H groups in total. The van der Waals surface area contributed by atoms with Crippen LogP contribution < -0.4 is 5.32 Å². The molecule has 2 aromatic carbocycles. The van der Waals surface area contributed by atoms with Crippen LogP contribution in [0.2, 0.25) is 0 Å². The lowest BCUT2D eigenvalue weighted by molar-refractivity contribution is -0.143. The third kappa shape index (κ3) is 3.84. The monoisotopic (exact) mass is 418 g/mol. The second-order valence-corrected chi connectivity index (χ2v) is 8.46. The Bertz CT molecular complexity index is 979. The quantitative estimate of drug-likeness (QED) is 0.556. The van der Waals surface area contributed by atoms with Crippen molar-refractivity contribution >= 4 is 17.9 Å². The number of benzene rings is 2. The molecule has 4 rings (SSSR count). The number of nitrogens with one attached hydrogen (secondary N) is 1. The minimum Gasteiger partial charge on any atom is -0.395 e. The van der Waals surface area contributed by atoms with Gasteiger partial charge in [0.05, 0.1) is 12.2 Å². The van der Waals surface area contributed by atoms with Gasteiger partial charge in [0.25, 0.3) is 11.8 Å². The minimum absolute atomic E-state index is 0.0743. The maximum absolute atomic E-state index is 14.1. The Labute approximate surface area is 183 Å². The van der Waals surface area contributed by atoms with E-state index in [2.05, 4.69) is 5.32 Å². The Kier molecular flexibility index (Phi) is 6.35. The van der Waals surface area contributed by atoms with Crippen LogP contribution in [0.3, 0.4) is 0 Å². The Morgan fingerprint density at radius 2 is 1.71 bits per heavy atom. The van der Waals surface area contributed by atoms with Crippen molar-refractivity contribution in [3.63, 3.8) is 0 Å². The fourth-order valence-corrected chi connectivity index (χ4v) is 5.00. The van der Waals surface area contributed by atoms with Crippen LogP contribution in [0, 0.1) is 6.92 Å². The summed E-state index contributed by atoms with van der Waals surface area (Å²) in [6.45, 7) is 2.04. The molecule has 0 spiro atoms. The maximum Gasteiger partial charge on any atom is 0.259 e. The van der Waals surface area contributed by atoms with E-state index in [0.29, 0.717) is 5.57 Å². The van der Waals surface area contributed by atoms with Gasteiger partial charge < -0.3 is 5.11 Å². The van der Waals surface area contributed by atoms with Crippen molar-refractivity contribution in [2.45, 2.75) is 50.6 Å². The number of aliphatic hydroxyl groups is 1. The van der Waals surface area contributed by atoms with E-state index in [1.165, 1.54) is 4.90 Å². The number of nitrogens with zero attached hydrogens (tertiary/aromatic N) is 1. The molecule has 2 aliphatic rings. The zero-order valence-corrected chi connectivity index (χ0v) is 18.0. The summed E-state index contributed by atoms with van der Waals surface area (Å²) >= 11 is 0. The second kappa shape index (κ2) is 9.16. The first-order valence-corrected chi connectivity index (χ1v) is 11.2. The lowest BCUT2D eigenvalue weighted by atomic mass is 9.80. The zero-order chi connectivity index (χ0) is 21.8. The van der Waals surface area contributed by atoms with Gasteiger partial charge in [0.15, 0.2) is 5.54 Å². The molecule has 1 heterocycles. The normalized spacial score (nSPS) is 23.7. The fraction of sp³-hybridized carbons (Fsp3) is 0.385. The number of imide groups is 1. The first-order chi connectivity index (χ1) is 15.1. The van der Waals surface area contributed by atoms with Crippen molar-refractivity contribution in [2.24, 2.45) is 0 Å². The molecule has 0 aromatic heterocycles. The molecule has 31 heavy (non-hydrogen) atoms. The lowest BCUT2D eigenvalue weighted by Crippen LogP contribution is -2.53. The molecule has 162 valence electrons. The molecule has 1 atom stereocenters. The van der Waals surface area contributed by atoms with Crippen LogP contribution in [0.25, 0.3) is 6.08 Å². The van der Waals surface area contributed by atoms with Crippen molar-refractivity contribution < 1.29 is 14.7 Å². The number of amides is 2. The van der Waals surface area contributed by atoms with Gasteiger partial charge in [0, 0.05) is 12.6 Å². The number of likely N-dealkylation sites (tertiary alicyclic amines) is 1. The number of aliphatic hydroxyl groups excluding tert-OH is 1. The molecule has 1 unspecified atom stereocenters. The Morgan fingerprint density at radius 3 is 2.39 bits per heavy atom. The number of hydrogen-bond donors (Lipinski definition) is 2. The van der Waals surface area contributed by atoms with Gasteiger partial charge >= 0.3 is 0 Å². The molecule has 1 saturated heterocycles. The second-order valence-electron chi connectivity index (χ2n) is 8.46. The average molecular weight is 419 g/mol. The van der Waals surface area contributed by atoms with Crippen LogP contribution in [0.15, 0.2) is 60.2 Å². The summed E-state index contributed by atoms with van der Waals surface area (Å²) in [4.78, 5) is 29.4.